The SMILES string of the molecule is C=NC(=N)C(N)OC. The van der Waals surface area contributed by atoms with Crippen LogP contribution in [0.3, 0.4) is 0 Å². The van der Waals surface area contributed by atoms with Gasteiger partial charge >= 0.3 is 0 Å². The van der Waals surface area contributed by atoms with Crippen molar-refractivity contribution in [2.45, 2.75) is 6.23 Å². The van der Waals surface area contributed by atoms with Crippen LogP contribution >= 0.6 is 0 Å². The molecule has 0 radical (unpaired) electrons. The summed E-state index contributed by atoms with van der Waals surface area (Å²) >= 11 is 0. The summed E-state index contributed by atoms with van der Waals surface area (Å²) in [6.07, 6.45) is -0.729. The Morgan fingerprint density at radius 3 is 2.62 bits per heavy atom. The van der Waals surface area contributed by atoms with Crippen LogP contribution in [-0.2, 0) is 4.74 Å². The van der Waals surface area contributed by atoms with Gasteiger partial charge in [0.1, 0.15) is 0 Å². The van der Waals surface area contributed by atoms with Crippen molar-refractivity contribution in [2.24, 2.45) is 10.7 Å². The highest BCUT2D eigenvalue weighted by atomic mass is 16.5. The van der Waals surface area contributed by atoms with Crippen LogP contribution in [-0.4, -0.2) is 25.9 Å². The quantitative estimate of drug-likeness (QED) is 0.292. The van der Waals surface area contributed by atoms with Crippen LogP contribution in [0.1, 0.15) is 0 Å². The third-order valence-electron chi connectivity index (χ3n) is 0.694. The van der Waals surface area contributed by atoms with E-state index in [1.807, 2.05) is 0 Å². The number of ether oxygens (including phenoxy) is 1. The van der Waals surface area contributed by atoms with E-state index < -0.39 is 6.23 Å². The molecule has 0 aliphatic heterocycles. The lowest BCUT2D eigenvalue weighted by molar-refractivity contribution is 0.160. The molecule has 0 amide bonds. The lowest BCUT2D eigenvalue weighted by Crippen LogP contribution is -2.29. The van der Waals surface area contributed by atoms with E-state index in [9.17, 15) is 0 Å². The minimum atomic E-state index is -0.729. The van der Waals surface area contributed by atoms with E-state index in [1.54, 1.807) is 0 Å². The Morgan fingerprint density at radius 1 is 2.00 bits per heavy atom. The summed E-state index contributed by atoms with van der Waals surface area (Å²) in [7, 11) is 1.41. The molecule has 0 aromatic heterocycles. The standard InChI is InChI=1S/C4H9N3O/c1-7-3(5)4(6)8-2/h4-5H,1,6H2,2H3. The average molecular weight is 115 g/mol. The van der Waals surface area contributed by atoms with Crippen LogP contribution in [0.4, 0.5) is 0 Å². The molecule has 4 heteroatoms. The molecule has 0 aliphatic carbocycles. The summed E-state index contributed by atoms with van der Waals surface area (Å²) in [6.45, 7) is 3.10. The number of methoxy groups -OCH3 is 1. The molecule has 0 fully saturated rings. The van der Waals surface area contributed by atoms with Gasteiger partial charge in [0.2, 0.25) is 0 Å². The fourth-order valence-corrected chi connectivity index (χ4v) is 0.202. The van der Waals surface area contributed by atoms with Crippen molar-refractivity contribution in [3.05, 3.63) is 0 Å². The lowest BCUT2D eigenvalue weighted by Gasteiger charge is -2.04. The maximum Gasteiger partial charge on any atom is 0.165 e. The molecular weight excluding hydrogens is 106 g/mol. The van der Waals surface area contributed by atoms with Crippen molar-refractivity contribution in [3.63, 3.8) is 0 Å². The van der Waals surface area contributed by atoms with E-state index in [4.69, 9.17) is 11.1 Å². The second kappa shape index (κ2) is 3.29. The molecule has 1 atom stereocenters. The van der Waals surface area contributed by atoms with E-state index in [-0.39, 0.29) is 5.84 Å². The van der Waals surface area contributed by atoms with Gasteiger partial charge in [-0.25, -0.2) is 4.99 Å². The first-order valence-electron chi connectivity index (χ1n) is 2.06. The highest BCUT2D eigenvalue weighted by molar-refractivity contribution is 5.86. The van der Waals surface area contributed by atoms with Gasteiger partial charge in [0.25, 0.3) is 0 Å². The largest absolute Gasteiger partial charge is 0.359 e. The number of hydrogen-bond donors (Lipinski definition) is 2. The summed E-state index contributed by atoms with van der Waals surface area (Å²) in [4.78, 5) is 3.24. The van der Waals surface area contributed by atoms with E-state index >= 15 is 0 Å². The van der Waals surface area contributed by atoms with Gasteiger partial charge in [0.05, 0.1) is 0 Å². The molecule has 4 nitrogen and oxygen atoms in total. The topological polar surface area (TPSA) is 71.5 Å². The normalized spacial score (nSPS) is 12.8. The summed E-state index contributed by atoms with van der Waals surface area (Å²) < 4.78 is 4.52. The van der Waals surface area contributed by atoms with Crippen molar-refractivity contribution < 1.29 is 4.74 Å². The van der Waals surface area contributed by atoms with Gasteiger partial charge in [-0.15, -0.1) is 0 Å². The molecule has 1 unspecified atom stereocenters. The molecule has 0 aromatic carbocycles. The summed E-state index contributed by atoms with van der Waals surface area (Å²) in [5, 5.41) is 6.86. The first-order chi connectivity index (χ1) is 3.72. The number of nitrogens with zero attached hydrogens (tertiary/aromatic N) is 1. The molecule has 0 saturated carbocycles. The molecule has 3 N–H and O–H groups in total. The van der Waals surface area contributed by atoms with Crippen LogP contribution < -0.4 is 5.73 Å². The van der Waals surface area contributed by atoms with Crippen LogP contribution in [0.15, 0.2) is 4.99 Å². The molecule has 0 bridgehead atoms. The third-order valence-corrected chi connectivity index (χ3v) is 0.694. The maximum atomic E-state index is 6.86. The second-order valence-electron chi connectivity index (χ2n) is 1.20. The number of amidine groups is 1. The Morgan fingerprint density at radius 2 is 2.50 bits per heavy atom. The number of rotatable bonds is 2. The van der Waals surface area contributed by atoms with Crippen LogP contribution in [0.2, 0.25) is 0 Å². The average Bonchev–Trinajstić information content (AvgIpc) is 1.84. The minimum Gasteiger partial charge on any atom is -0.359 e. The van der Waals surface area contributed by atoms with Crippen molar-refractivity contribution in [2.75, 3.05) is 7.11 Å². The molecule has 0 heterocycles. The van der Waals surface area contributed by atoms with Gasteiger partial charge in [-0.05, 0) is 6.72 Å². The molecule has 0 aromatic rings. The number of nitrogens with one attached hydrogen (secondary N) is 1. The summed E-state index contributed by atoms with van der Waals surface area (Å²) in [5.41, 5.74) is 5.15. The molecule has 0 spiro atoms. The Balaban J connectivity index is 3.62. The van der Waals surface area contributed by atoms with Crippen LogP contribution in [0.5, 0.6) is 0 Å². The molecule has 0 aliphatic rings. The molecular formula is C4H9N3O. The van der Waals surface area contributed by atoms with Gasteiger partial charge < -0.3 is 4.74 Å². The van der Waals surface area contributed by atoms with Crippen LogP contribution in [0.25, 0.3) is 0 Å². The second-order valence-corrected chi connectivity index (χ2v) is 1.20. The Kier molecular flexibility index (Phi) is 2.98. The minimum absolute atomic E-state index is 0.0486. The summed E-state index contributed by atoms with van der Waals surface area (Å²) in [6, 6.07) is 0. The Bertz CT molecular complexity index is 101. The van der Waals surface area contributed by atoms with E-state index in [2.05, 4.69) is 16.4 Å². The maximum absolute atomic E-state index is 6.86. The number of nitrogens with two attached hydrogens (primary N) is 1. The Hall–Kier alpha value is -0.740. The van der Waals surface area contributed by atoms with Gasteiger partial charge in [0.15, 0.2) is 12.1 Å². The van der Waals surface area contributed by atoms with Gasteiger partial charge in [-0.2, -0.15) is 0 Å². The number of hydrogen-bond acceptors (Lipinski definition) is 3. The van der Waals surface area contributed by atoms with Crippen molar-refractivity contribution in [3.8, 4) is 0 Å². The number of aliphatic imine (C=N–C) groups is 1. The molecule has 8 heavy (non-hydrogen) atoms. The van der Waals surface area contributed by atoms with Crippen molar-refractivity contribution in [1.29, 1.82) is 5.41 Å². The Labute approximate surface area is 47.9 Å². The molecule has 46 valence electrons. The van der Waals surface area contributed by atoms with Crippen molar-refractivity contribution in [1.82, 2.24) is 0 Å². The predicted octanol–water partition coefficient (Wildman–Crippen LogP) is -0.405. The fourth-order valence-electron chi connectivity index (χ4n) is 0.202. The predicted molar refractivity (Wildman–Crippen MR) is 32.3 cm³/mol. The third kappa shape index (κ3) is 1.81. The molecule has 0 rings (SSSR count). The van der Waals surface area contributed by atoms with Gasteiger partial charge in [0, 0.05) is 7.11 Å². The van der Waals surface area contributed by atoms with E-state index in [0.29, 0.717) is 0 Å². The van der Waals surface area contributed by atoms with Crippen molar-refractivity contribution >= 4 is 12.6 Å². The lowest BCUT2D eigenvalue weighted by atomic mass is 10.5. The zero-order valence-corrected chi connectivity index (χ0v) is 4.72. The molecule has 0 saturated heterocycles. The highest BCUT2D eigenvalue weighted by Crippen LogP contribution is 1.81. The fraction of sp³-hybridized carbons (Fsp3) is 0.500. The first kappa shape index (κ1) is 7.26. The highest BCUT2D eigenvalue weighted by Gasteiger charge is 2.02. The van der Waals surface area contributed by atoms with Gasteiger partial charge in [-0.3, -0.25) is 11.1 Å². The van der Waals surface area contributed by atoms with Crippen LogP contribution in [0, 0.1) is 5.41 Å². The van der Waals surface area contributed by atoms with E-state index in [0.717, 1.165) is 0 Å². The monoisotopic (exact) mass is 115 g/mol. The zero-order valence-electron chi connectivity index (χ0n) is 4.72. The van der Waals surface area contributed by atoms with Gasteiger partial charge in [-0.1, -0.05) is 0 Å². The zero-order chi connectivity index (χ0) is 6.57. The first-order valence-corrected chi connectivity index (χ1v) is 2.06. The summed E-state index contributed by atoms with van der Waals surface area (Å²) in [5.74, 6) is -0.0486. The smallest absolute Gasteiger partial charge is 0.165 e. The van der Waals surface area contributed by atoms with E-state index in [1.165, 1.54) is 7.11 Å².